The van der Waals surface area contributed by atoms with Gasteiger partial charge in [-0.2, -0.15) is 0 Å². The molecule has 0 aliphatic heterocycles. The van der Waals surface area contributed by atoms with Gasteiger partial charge in [0.05, 0.1) is 12.5 Å². The highest BCUT2D eigenvalue weighted by Crippen LogP contribution is 2.21. The van der Waals surface area contributed by atoms with Crippen molar-refractivity contribution in [3.63, 3.8) is 0 Å². The number of aliphatic hydroxyl groups is 1. The molecule has 1 atom stereocenters. The van der Waals surface area contributed by atoms with E-state index in [0.29, 0.717) is 0 Å². The van der Waals surface area contributed by atoms with Gasteiger partial charge in [-0.3, -0.25) is 4.79 Å². The summed E-state index contributed by atoms with van der Waals surface area (Å²) in [6.07, 6.45) is -1.71. The molecule has 0 heterocycles. The maximum absolute atomic E-state index is 12.8. The number of hydrogen-bond donors (Lipinski definition) is 2. The zero-order chi connectivity index (χ0) is 10.7. The quantitative estimate of drug-likeness (QED) is 0.816. The van der Waals surface area contributed by atoms with Crippen molar-refractivity contribution in [2.45, 2.75) is 12.5 Å². The maximum Gasteiger partial charge on any atom is 0.306 e. The zero-order valence-corrected chi connectivity index (χ0v) is 7.83. The third kappa shape index (κ3) is 2.97. The lowest BCUT2D eigenvalue weighted by Crippen LogP contribution is -2.05. The van der Waals surface area contributed by atoms with E-state index in [0.717, 1.165) is 12.1 Å². The summed E-state index contributed by atoms with van der Waals surface area (Å²) < 4.78 is 12.8. The van der Waals surface area contributed by atoms with Crippen LogP contribution in [0.3, 0.4) is 0 Å². The van der Waals surface area contributed by atoms with Crippen LogP contribution in [0.4, 0.5) is 4.39 Å². The van der Waals surface area contributed by atoms with Gasteiger partial charge in [-0.25, -0.2) is 4.39 Å². The summed E-state index contributed by atoms with van der Waals surface area (Å²) >= 11 is 5.53. The Bertz CT molecular complexity index is 334. The van der Waals surface area contributed by atoms with E-state index < -0.39 is 24.3 Å². The van der Waals surface area contributed by atoms with Gasteiger partial charge in [0.1, 0.15) is 5.82 Å². The highest BCUT2D eigenvalue weighted by atomic mass is 35.5. The maximum atomic E-state index is 12.8. The normalized spacial score (nSPS) is 12.5. The van der Waals surface area contributed by atoms with Crippen LogP contribution in [0.2, 0.25) is 5.02 Å². The molecule has 0 amide bonds. The highest BCUT2D eigenvalue weighted by molar-refractivity contribution is 6.30. The molecule has 0 bridgehead atoms. The largest absolute Gasteiger partial charge is 0.481 e. The van der Waals surface area contributed by atoms with Crippen LogP contribution in [0, 0.1) is 5.82 Å². The van der Waals surface area contributed by atoms with Gasteiger partial charge in [-0.15, -0.1) is 0 Å². The van der Waals surface area contributed by atoms with Crippen molar-refractivity contribution in [3.05, 3.63) is 34.6 Å². The van der Waals surface area contributed by atoms with E-state index in [1.807, 2.05) is 0 Å². The molecule has 0 aromatic heterocycles. The second-order valence-electron chi connectivity index (χ2n) is 2.82. The first-order valence-corrected chi connectivity index (χ1v) is 4.22. The first-order valence-electron chi connectivity index (χ1n) is 3.85. The summed E-state index contributed by atoms with van der Waals surface area (Å²) in [5.41, 5.74) is 0.164. The van der Waals surface area contributed by atoms with Gasteiger partial charge >= 0.3 is 5.97 Å². The first kappa shape index (κ1) is 10.9. The van der Waals surface area contributed by atoms with Gasteiger partial charge < -0.3 is 10.2 Å². The van der Waals surface area contributed by atoms with Gasteiger partial charge in [0.15, 0.2) is 0 Å². The molecule has 0 spiro atoms. The minimum Gasteiger partial charge on any atom is -0.481 e. The summed E-state index contributed by atoms with van der Waals surface area (Å²) in [5.74, 6) is -1.75. The molecule has 0 unspecified atom stereocenters. The number of benzene rings is 1. The number of carboxylic acids is 1. The van der Waals surface area contributed by atoms with Crippen LogP contribution in [0.1, 0.15) is 18.1 Å². The van der Waals surface area contributed by atoms with Crippen molar-refractivity contribution in [2.75, 3.05) is 0 Å². The van der Waals surface area contributed by atoms with E-state index in [9.17, 15) is 14.3 Å². The number of carboxylic acid groups (broad SMARTS) is 1. The van der Waals surface area contributed by atoms with Crippen molar-refractivity contribution in [2.24, 2.45) is 0 Å². The van der Waals surface area contributed by atoms with Crippen LogP contribution in [0.25, 0.3) is 0 Å². The van der Waals surface area contributed by atoms with Gasteiger partial charge in [-0.05, 0) is 23.8 Å². The lowest BCUT2D eigenvalue weighted by molar-refractivity contribution is -0.139. The molecule has 0 saturated carbocycles. The van der Waals surface area contributed by atoms with E-state index >= 15 is 0 Å². The van der Waals surface area contributed by atoms with E-state index in [-0.39, 0.29) is 10.6 Å². The minimum atomic E-state index is -1.24. The molecular weight excluding hydrogens is 211 g/mol. The van der Waals surface area contributed by atoms with Gasteiger partial charge in [0.2, 0.25) is 0 Å². The van der Waals surface area contributed by atoms with Crippen molar-refractivity contribution < 1.29 is 19.4 Å². The van der Waals surface area contributed by atoms with Crippen molar-refractivity contribution in [1.82, 2.24) is 0 Å². The Kier molecular flexibility index (Phi) is 3.43. The monoisotopic (exact) mass is 218 g/mol. The standard InChI is InChI=1S/C9H8ClFO3/c10-6-1-5(2-7(11)3-6)8(12)4-9(13)14/h1-3,8,12H,4H2,(H,13,14)/t8-/m0/s1. The molecule has 0 radical (unpaired) electrons. The molecule has 5 heteroatoms. The van der Waals surface area contributed by atoms with Crippen molar-refractivity contribution >= 4 is 17.6 Å². The number of rotatable bonds is 3. The van der Waals surface area contributed by atoms with Crippen LogP contribution in [-0.4, -0.2) is 16.2 Å². The van der Waals surface area contributed by atoms with Crippen LogP contribution in [0.15, 0.2) is 18.2 Å². The second kappa shape index (κ2) is 4.39. The smallest absolute Gasteiger partial charge is 0.306 e. The molecule has 76 valence electrons. The lowest BCUT2D eigenvalue weighted by atomic mass is 10.1. The summed E-state index contributed by atoms with van der Waals surface area (Å²) in [6.45, 7) is 0. The Morgan fingerprint density at radius 2 is 2.14 bits per heavy atom. The Morgan fingerprint density at radius 3 is 2.64 bits per heavy atom. The van der Waals surface area contributed by atoms with E-state index in [2.05, 4.69) is 0 Å². The number of aliphatic hydroxyl groups excluding tert-OH is 1. The fourth-order valence-electron chi connectivity index (χ4n) is 1.05. The first-order chi connectivity index (χ1) is 6.49. The fourth-order valence-corrected chi connectivity index (χ4v) is 1.28. The molecule has 0 fully saturated rings. The SMILES string of the molecule is O=C(O)C[C@H](O)c1cc(F)cc(Cl)c1. The predicted molar refractivity (Wildman–Crippen MR) is 48.6 cm³/mol. The lowest BCUT2D eigenvalue weighted by Gasteiger charge is -2.08. The molecule has 1 aromatic carbocycles. The van der Waals surface area contributed by atoms with Crippen LogP contribution < -0.4 is 0 Å². The summed E-state index contributed by atoms with van der Waals surface area (Å²) in [5, 5.41) is 17.9. The third-order valence-corrected chi connectivity index (χ3v) is 1.86. The van der Waals surface area contributed by atoms with Gasteiger partial charge in [0.25, 0.3) is 0 Å². The summed E-state index contributed by atoms with van der Waals surface area (Å²) in [7, 11) is 0. The van der Waals surface area contributed by atoms with Crippen LogP contribution >= 0.6 is 11.6 Å². The molecule has 2 N–H and O–H groups in total. The molecule has 0 aliphatic carbocycles. The number of hydrogen-bond acceptors (Lipinski definition) is 2. The third-order valence-electron chi connectivity index (χ3n) is 1.64. The Balaban J connectivity index is 2.89. The van der Waals surface area contributed by atoms with Crippen molar-refractivity contribution in [1.29, 1.82) is 0 Å². The molecular formula is C9H8ClFO3. The zero-order valence-electron chi connectivity index (χ0n) is 7.08. The topological polar surface area (TPSA) is 57.5 Å². The molecule has 3 nitrogen and oxygen atoms in total. The fraction of sp³-hybridized carbons (Fsp3) is 0.222. The number of carbonyl (C=O) groups is 1. The molecule has 14 heavy (non-hydrogen) atoms. The predicted octanol–water partition coefficient (Wildman–Crippen LogP) is 1.99. The van der Waals surface area contributed by atoms with E-state index in [1.54, 1.807) is 0 Å². The van der Waals surface area contributed by atoms with E-state index in [1.165, 1.54) is 6.07 Å². The van der Waals surface area contributed by atoms with Gasteiger partial charge in [0, 0.05) is 5.02 Å². The van der Waals surface area contributed by atoms with Crippen molar-refractivity contribution in [3.8, 4) is 0 Å². The van der Waals surface area contributed by atoms with Crippen LogP contribution in [0.5, 0.6) is 0 Å². The summed E-state index contributed by atoms with van der Waals surface area (Å²) in [6, 6.07) is 3.47. The number of aliphatic carboxylic acids is 1. The Labute approximate surface area is 84.7 Å². The Hall–Kier alpha value is -1.13. The average Bonchev–Trinajstić information content (AvgIpc) is 2.00. The summed E-state index contributed by atoms with van der Waals surface area (Å²) in [4.78, 5) is 10.3. The van der Waals surface area contributed by atoms with Gasteiger partial charge in [-0.1, -0.05) is 11.6 Å². The van der Waals surface area contributed by atoms with Crippen LogP contribution in [-0.2, 0) is 4.79 Å². The average molecular weight is 219 g/mol. The second-order valence-corrected chi connectivity index (χ2v) is 3.25. The Morgan fingerprint density at radius 1 is 1.50 bits per heavy atom. The molecule has 0 aliphatic rings. The highest BCUT2D eigenvalue weighted by Gasteiger charge is 2.13. The van der Waals surface area contributed by atoms with E-state index in [4.69, 9.17) is 16.7 Å². The number of halogens is 2. The molecule has 1 aromatic rings. The minimum absolute atomic E-state index is 0.129. The molecule has 1 rings (SSSR count). The molecule has 0 saturated heterocycles.